The predicted octanol–water partition coefficient (Wildman–Crippen LogP) is 4.19. The highest BCUT2D eigenvalue weighted by Crippen LogP contribution is 2.20. The Bertz CT molecular complexity index is 668. The summed E-state index contributed by atoms with van der Waals surface area (Å²) in [5.74, 6) is 0.779. The third-order valence-electron chi connectivity index (χ3n) is 3.79. The van der Waals surface area contributed by atoms with Crippen molar-refractivity contribution in [2.45, 2.75) is 26.8 Å². The van der Waals surface area contributed by atoms with Crippen LogP contribution in [0, 0.1) is 13.8 Å². The van der Waals surface area contributed by atoms with Crippen LogP contribution in [-0.4, -0.2) is 13.1 Å². The molecule has 0 aliphatic rings. The third kappa shape index (κ3) is 3.79. The number of hydrogen-bond acceptors (Lipinski definition) is 2. The Morgan fingerprint density at radius 3 is 2.59 bits per heavy atom. The summed E-state index contributed by atoms with van der Waals surface area (Å²) in [7, 11) is 1.63. The Labute approximate surface area is 131 Å². The number of methoxy groups -OCH3 is 1. The average Bonchev–Trinajstić information content (AvgIpc) is 2.51. The van der Waals surface area contributed by atoms with Crippen LogP contribution in [0.15, 0.2) is 42.5 Å². The van der Waals surface area contributed by atoms with E-state index in [1.54, 1.807) is 7.11 Å². The number of rotatable bonds is 4. The molecule has 22 heavy (non-hydrogen) atoms. The van der Waals surface area contributed by atoms with Crippen LogP contribution < -0.4 is 15.4 Å². The van der Waals surface area contributed by atoms with Gasteiger partial charge in [-0.25, -0.2) is 4.79 Å². The van der Waals surface area contributed by atoms with Crippen LogP contribution in [0.4, 0.5) is 10.5 Å². The number of ether oxygens (including phenoxy) is 1. The number of carbonyl (C=O) groups is 1. The molecule has 0 bridgehead atoms. The van der Waals surface area contributed by atoms with E-state index in [-0.39, 0.29) is 12.1 Å². The molecule has 2 aromatic rings. The topological polar surface area (TPSA) is 50.4 Å². The van der Waals surface area contributed by atoms with Gasteiger partial charge in [0.15, 0.2) is 0 Å². The fraction of sp³-hybridized carbons (Fsp3) is 0.278. The summed E-state index contributed by atoms with van der Waals surface area (Å²) in [5, 5.41) is 5.84. The van der Waals surface area contributed by atoms with E-state index >= 15 is 0 Å². The van der Waals surface area contributed by atoms with Crippen LogP contribution in [0.2, 0.25) is 0 Å². The Balaban J connectivity index is 2.03. The molecule has 2 rings (SSSR count). The number of anilines is 1. The van der Waals surface area contributed by atoms with E-state index in [4.69, 9.17) is 4.74 Å². The predicted molar refractivity (Wildman–Crippen MR) is 89.5 cm³/mol. The van der Waals surface area contributed by atoms with Crippen molar-refractivity contribution in [1.29, 1.82) is 0 Å². The zero-order chi connectivity index (χ0) is 16.1. The zero-order valence-corrected chi connectivity index (χ0v) is 13.4. The smallest absolute Gasteiger partial charge is 0.319 e. The molecule has 0 saturated carbocycles. The van der Waals surface area contributed by atoms with Crippen molar-refractivity contribution in [3.63, 3.8) is 0 Å². The number of nitrogens with one attached hydrogen (secondary N) is 2. The Morgan fingerprint density at radius 1 is 1.14 bits per heavy atom. The molecule has 0 heterocycles. The van der Waals surface area contributed by atoms with E-state index in [0.29, 0.717) is 0 Å². The molecule has 116 valence electrons. The minimum absolute atomic E-state index is 0.111. The van der Waals surface area contributed by atoms with E-state index in [1.165, 1.54) is 0 Å². The van der Waals surface area contributed by atoms with Gasteiger partial charge in [-0.2, -0.15) is 0 Å². The first-order valence-electron chi connectivity index (χ1n) is 7.29. The van der Waals surface area contributed by atoms with Gasteiger partial charge in [0.05, 0.1) is 13.2 Å². The molecule has 1 unspecified atom stereocenters. The summed E-state index contributed by atoms with van der Waals surface area (Å²) in [4.78, 5) is 12.2. The highest BCUT2D eigenvalue weighted by atomic mass is 16.5. The van der Waals surface area contributed by atoms with Crippen LogP contribution in [-0.2, 0) is 0 Å². The molecule has 0 aromatic heterocycles. The Hall–Kier alpha value is -2.49. The van der Waals surface area contributed by atoms with E-state index in [9.17, 15) is 4.79 Å². The Morgan fingerprint density at radius 2 is 1.86 bits per heavy atom. The van der Waals surface area contributed by atoms with Gasteiger partial charge in [-0.1, -0.05) is 24.3 Å². The minimum atomic E-state index is -0.219. The molecule has 4 nitrogen and oxygen atoms in total. The van der Waals surface area contributed by atoms with Gasteiger partial charge in [-0.3, -0.25) is 0 Å². The van der Waals surface area contributed by atoms with Gasteiger partial charge in [0.2, 0.25) is 0 Å². The van der Waals surface area contributed by atoms with Crippen molar-refractivity contribution in [2.24, 2.45) is 0 Å². The molecule has 2 amide bonds. The maximum absolute atomic E-state index is 12.2. The van der Waals surface area contributed by atoms with Gasteiger partial charge in [0, 0.05) is 5.69 Å². The van der Waals surface area contributed by atoms with Gasteiger partial charge in [0.1, 0.15) is 5.75 Å². The van der Waals surface area contributed by atoms with Crippen LogP contribution in [0.3, 0.4) is 0 Å². The fourth-order valence-corrected chi connectivity index (χ4v) is 2.24. The maximum atomic E-state index is 12.2. The van der Waals surface area contributed by atoms with E-state index in [0.717, 1.165) is 28.1 Å². The van der Waals surface area contributed by atoms with Crippen molar-refractivity contribution in [3.05, 3.63) is 59.2 Å². The lowest BCUT2D eigenvalue weighted by Gasteiger charge is -2.17. The molecule has 2 aromatic carbocycles. The first-order chi connectivity index (χ1) is 10.5. The molecule has 0 radical (unpaired) electrons. The van der Waals surface area contributed by atoms with Crippen molar-refractivity contribution >= 4 is 11.7 Å². The number of aryl methyl sites for hydroxylation is 1. The molecule has 0 aliphatic carbocycles. The number of carbonyl (C=O) groups excluding carboxylic acids is 1. The van der Waals surface area contributed by atoms with Crippen molar-refractivity contribution < 1.29 is 9.53 Å². The van der Waals surface area contributed by atoms with Gasteiger partial charge >= 0.3 is 6.03 Å². The minimum Gasteiger partial charge on any atom is -0.497 e. The number of urea groups is 1. The first-order valence-corrected chi connectivity index (χ1v) is 7.29. The molecule has 0 aliphatic heterocycles. The lowest BCUT2D eigenvalue weighted by Crippen LogP contribution is -2.31. The summed E-state index contributed by atoms with van der Waals surface area (Å²) in [5.41, 5.74) is 4.05. The zero-order valence-electron chi connectivity index (χ0n) is 13.4. The number of amides is 2. The first kappa shape index (κ1) is 15.9. The molecular formula is C18H22N2O2. The second-order valence-electron chi connectivity index (χ2n) is 5.34. The SMILES string of the molecule is COc1cccc(C(C)NC(=O)Nc2cccc(C)c2C)c1. The molecule has 0 saturated heterocycles. The van der Waals surface area contributed by atoms with E-state index < -0.39 is 0 Å². The molecule has 0 fully saturated rings. The number of hydrogen-bond donors (Lipinski definition) is 2. The van der Waals surface area contributed by atoms with E-state index in [1.807, 2.05) is 63.2 Å². The average molecular weight is 298 g/mol. The van der Waals surface area contributed by atoms with Crippen molar-refractivity contribution in [3.8, 4) is 5.75 Å². The lowest BCUT2D eigenvalue weighted by molar-refractivity contribution is 0.249. The fourth-order valence-electron chi connectivity index (χ4n) is 2.24. The highest BCUT2D eigenvalue weighted by molar-refractivity contribution is 5.90. The summed E-state index contributed by atoms with van der Waals surface area (Å²) < 4.78 is 5.21. The van der Waals surface area contributed by atoms with Crippen molar-refractivity contribution in [2.75, 3.05) is 12.4 Å². The van der Waals surface area contributed by atoms with Gasteiger partial charge in [0.25, 0.3) is 0 Å². The molecule has 0 spiro atoms. The van der Waals surface area contributed by atoms with Gasteiger partial charge in [-0.15, -0.1) is 0 Å². The quantitative estimate of drug-likeness (QED) is 0.889. The van der Waals surface area contributed by atoms with Crippen LogP contribution >= 0.6 is 0 Å². The summed E-state index contributed by atoms with van der Waals surface area (Å²) in [6.45, 7) is 5.96. The summed E-state index contributed by atoms with van der Waals surface area (Å²) in [6.07, 6.45) is 0. The second kappa shape index (κ2) is 6.98. The summed E-state index contributed by atoms with van der Waals surface area (Å²) >= 11 is 0. The Kier molecular flexibility index (Phi) is 5.04. The van der Waals surface area contributed by atoms with Gasteiger partial charge < -0.3 is 15.4 Å². The monoisotopic (exact) mass is 298 g/mol. The molecular weight excluding hydrogens is 276 g/mol. The van der Waals surface area contributed by atoms with Crippen LogP contribution in [0.1, 0.15) is 29.7 Å². The largest absolute Gasteiger partial charge is 0.497 e. The normalized spacial score (nSPS) is 11.6. The van der Waals surface area contributed by atoms with Gasteiger partial charge in [-0.05, 0) is 55.7 Å². The van der Waals surface area contributed by atoms with Crippen molar-refractivity contribution in [1.82, 2.24) is 5.32 Å². The standard InChI is InChI=1S/C18H22N2O2/c1-12-7-5-10-17(13(12)2)20-18(21)19-14(3)15-8-6-9-16(11-15)22-4/h5-11,14H,1-4H3,(H2,19,20,21). The molecule has 1 atom stereocenters. The molecule has 4 heteroatoms. The second-order valence-corrected chi connectivity index (χ2v) is 5.34. The van der Waals surface area contributed by atoms with E-state index in [2.05, 4.69) is 10.6 Å². The van der Waals surface area contributed by atoms with Crippen LogP contribution in [0.5, 0.6) is 5.75 Å². The summed E-state index contributed by atoms with van der Waals surface area (Å²) in [6, 6.07) is 13.2. The lowest BCUT2D eigenvalue weighted by atomic mass is 10.1. The third-order valence-corrected chi connectivity index (χ3v) is 3.79. The molecule has 2 N–H and O–H groups in total. The highest BCUT2D eigenvalue weighted by Gasteiger charge is 2.11. The maximum Gasteiger partial charge on any atom is 0.319 e. The van der Waals surface area contributed by atoms with Crippen LogP contribution in [0.25, 0.3) is 0 Å². The number of benzene rings is 2.